The number of anilines is 1. The molecule has 3 N–H and O–H groups in total. The van der Waals surface area contributed by atoms with E-state index in [9.17, 15) is 13.2 Å². The summed E-state index contributed by atoms with van der Waals surface area (Å²) >= 11 is 0. The monoisotopic (exact) mass is 401 g/mol. The van der Waals surface area contributed by atoms with Crippen molar-refractivity contribution in [2.75, 3.05) is 11.9 Å². The number of nitrogens with two attached hydrogens (primary N) is 1. The number of fused-ring (bicyclic) bond motifs is 1. The van der Waals surface area contributed by atoms with E-state index in [0.29, 0.717) is 11.3 Å². The number of nitrogens with one attached hydrogen (secondary N) is 1. The van der Waals surface area contributed by atoms with Crippen LogP contribution in [0.3, 0.4) is 0 Å². The van der Waals surface area contributed by atoms with E-state index in [2.05, 4.69) is 26.1 Å². The van der Waals surface area contributed by atoms with Gasteiger partial charge >= 0.3 is 5.92 Å². The van der Waals surface area contributed by atoms with E-state index in [0.717, 1.165) is 37.1 Å². The highest BCUT2D eigenvalue weighted by Crippen LogP contribution is 2.45. The predicted molar refractivity (Wildman–Crippen MR) is 99.9 cm³/mol. The van der Waals surface area contributed by atoms with Crippen molar-refractivity contribution in [2.45, 2.75) is 37.3 Å². The minimum Gasteiger partial charge on any atom is -0.459 e. The van der Waals surface area contributed by atoms with E-state index >= 15 is 0 Å². The van der Waals surface area contributed by atoms with Gasteiger partial charge in [0.15, 0.2) is 12.1 Å². The molecule has 2 atom stereocenters. The van der Waals surface area contributed by atoms with Crippen molar-refractivity contribution >= 4 is 11.7 Å². The first kappa shape index (κ1) is 19.1. The molecule has 1 unspecified atom stereocenters. The first-order valence-corrected chi connectivity index (χ1v) is 9.05. The molecule has 6 nitrogen and oxygen atoms in total. The van der Waals surface area contributed by atoms with Crippen LogP contribution in [0, 0.1) is 17.1 Å². The molecule has 0 spiro atoms. The molecule has 2 heterocycles. The van der Waals surface area contributed by atoms with Crippen molar-refractivity contribution in [2.24, 2.45) is 10.7 Å². The quantitative estimate of drug-likeness (QED) is 0.822. The average molecular weight is 401 g/mol. The van der Waals surface area contributed by atoms with Gasteiger partial charge in [-0.15, -0.1) is 0 Å². The molecule has 0 saturated heterocycles. The summed E-state index contributed by atoms with van der Waals surface area (Å²) in [4.78, 5) is 8.09. The Morgan fingerprint density at radius 1 is 1.34 bits per heavy atom. The molecule has 0 amide bonds. The second kappa shape index (κ2) is 6.65. The summed E-state index contributed by atoms with van der Waals surface area (Å²) in [6.07, 6.45) is 2.95. The number of hydrogen-bond acceptors (Lipinski definition) is 6. The lowest BCUT2D eigenvalue weighted by Crippen LogP contribution is -2.51. The zero-order valence-electron chi connectivity index (χ0n) is 15.5. The van der Waals surface area contributed by atoms with Crippen molar-refractivity contribution in [3.05, 3.63) is 58.7 Å². The first-order chi connectivity index (χ1) is 13.7. The molecule has 150 valence electrons. The van der Waals surface area contributed by atoms with E-state index in [1.165, 1.54) is 18.3 Å². The lowest BCUT2D eigenvalue weighted by atomic mass is 9.85. The van der Waals surface area contributed by atoms with Gasteiger partial charge in [0.25, 0.3) is 6.02 Å². The minimum atomic E-state index is -3.44. The molecule has 2 aromatic rings. The maximum atomic E-state index is 14.6. The number of amidine groups is 1. The molecule has 0 fully saturated rings. The van der Waals surface area contributed by atoms with Crippen molar-refractivity contribution in [3.63, 3.8) is 0 Å². The summed E-state index contributed by atoms with van der Waals surface area (Å²) in [6, 6.07) is 7.21. The largest absolute Gasteiger partial charge is 0.459 e. The van der Waals surface area contributed by atoms with Gasteiger partial charge in [0.1, 0.15) is 11.9 Å². The van der Waals surface area contributed by atoms with E-state index in [4.69, 9.17) is 11.0 Å². The zero-order valence-corrected chi connectivity index (χ0v) is 15.5. The number of aromatic nitrogens is 1. The van der Waals surface area contributed by atoms with Gasteiger partial charge in [0.05, 0.1) is 17.3 Å². The Hall–Kier alpha value is -3.28. The van der Waals surface area contributed by atoms with Crippen LogP contribution in [0.15, 0.2) is 35.5 Å². The van der Waals surface area contributed by atoms with Crippen LogP contribution in [0.5, 0.6) is 0 Å². The second-order valence-electron chi connectivity index (χ2n) is 7.33. The van der Waals surface area contributed by atoms with Crippen molar-refractivity contribution in [1.82, 2.24) is 4.98 Å². The Balaban J connectivity index is 1.68. The number of nitriles is 1. The van der Waals surface area contributed by atoms with Gasteiger partial charge in [-0.25, -0.2) is 9.38 Å². The molecule has 4 rings (SSSR count). The molecule has 0 bridgehead atoms. The number of halogens is 3. The van der Waals surface area contributed by atoms with Crippen LogP contribution in [-0.2, 0) is 16.7 Å². The molecular formula is C20H18F3N5O. The number of pyridine rings is 1. The van der Waals surface area contributed by atoms with Gasteiger partial charge in [-0.05, 0) is 49.6 Å². The summed E-state index contributed by atoms with van der Waals surface area (Å²) in [7, 11) is 0. The van der Waals surface area contributed by atoms with Crippen LogP contribution < -0.4 is 11.1 Å². The highest BCUT2D eigenvalue weighted by atomic mass is 19.3. The molecule has 0 saturated carbocycles. The standard InChI is InChI=1S/C20H18F3N5O/c1-19(20(22,23)10-29-18(25)28-19)14-7-13(3-4-15(14)21)27-16-5-2-12-6-11(8-24)9-26-17(12)16/h3-4,6-7,9,16,27H,2,5,10H2,1H3,(H2,25,28)/t16?,19-/m1/s1. The number of aryl methyl sites for hydroxylation is 1. The maximum absolute atomic E-state index is 14.6. The molecule has 1 aromatic carbocycles. The first-order valence-electron chi connectivity index (χ1n) is 9.05. The van der Waals surface area contributed by atoms with E-state index in [1.807, 2.05) is 0 Å². The van der Waals surface area contributed by atoms with Gasteiger partial charge in [0, 0.05) is 17.4 Å². The van der Waals surface area contributed by atoms with Crippen LogP contribution in [-0.4, -0.2) is 23.5 Å². The Morgan fingerprint density at radius 3 is 2.90 bits per heavy atom. The minimum absolute atomic E-state index is 0.173. The third kappa shape index (κ3) is 3.14. The summed E-state index contributed by atoms with van der Waals surface area (Å²) in [5, 5.41) is 12.2. The summed E-state index contributed by atoms with van der Waals surface area (Å²) < 4.78 is 48.4. The van der Waals surface area contributed by atoms with Gasteiger partial charge in [0.2, 0.25) is 0 Å². The van der Waals surface area contributed by atoms with Crippen LogP contribution in [0.25, 0.3) is 0 Å². The lowest BCUT2D eigenvalue weighted by Gasteiger charge is -2.37. The molecule has 2 aliphatic rings. The number of nitrogens with zero attached hydrogens (tertiary/aromatic N) is 3. The fourth-order valence-electron chi connectivity index (χ4n) is 3.76. The predicted octanol–water partition coefficient (Wildman–Crippen LogP) is 3.39. The number of ether oxygens (including phenoxy) is 1. The van der Waals surface area contributed by atoms with Gasteiger partial charge < -0.3 is 15.8 Å². The maximum Gasteiger partial charge on any atom is 0.310 e. The van der Waals surface area contributed by atoms with E-state index < -0.39 is 29.9 Å². The number of aliphatic imine (C=N–C) groups is 1. The third-order valence-electron chi connectivity index (χ3n) is 5.44. The summed E-state index contributed by atoms with van der Waals surface area (Å²) in [6.45, 7) is 0.164. The molecule has 0 radical (unpaired) electrons. The Morgan fingerprint density at radius 2 is 2.14 bits per heavy atom. The van der Waals surface area contributed by atoms with Crippen LogP contribution in [0.4, 0.5) is 18.9 Å². The summed E-state index contributed by atoms with van der Waals surface area (Å²) in [5.74, 6) is -4.25. The van der Waals surface area contributed by atoms with Crippen molar-refractivity contribution in [3.8, 4) is 6.07 Å². The SMILES string of the molecule is C[C@]1(c2cc(NC3CCc4cc(C#N)cnc43)ccc2F)N=C(N)OCC1(F)F. The Kier molecular flexibility index (Phi) is 4.37. The topological polar surface area (TPSA) is 96.3 Å². The van der Waals surface area contributed by atoms with Crippen LogP contribution in [0.2, 0.25) is 0 Å². The Labute approximate surface area is 165 Å². The third-order valence-corrected chi connectivity index (χ3v) is 5.44. The lowest BCUT2D eigenvalue weighted by molar-refractivity contribution is -0.117. The highest BCUT2D eigenvalue weighted by Gasteiger charge is 2.56. The van der Waals surface area contributed by atoms with Crippen LogP contribution in [0.1, 0.15) is 41.8 Å². The average Bonchev–Trinajstić information content (AvgIpc) is 3.08. The van der Waals surface area contributed by atoms with E-state index in [1.54, 1.807) is 6.07 Å². The summed E-state index contributed by atoms with van der Waals surface area (Å²) in [5.41, 5.74) is 5.73. The highest BCUT2D eigenvalue weighted by molar-refractivity contribution is 5.73. The van der Waals surface area contributed by atoms with Crippen LogP contribution >= 0.6 is 0 Å². The molecule has 29 heavy (non-hydrogen) atoms. The number of benzene rings is 1. The number of alkyl halides is 2. The normalized spacial score (nSPS) is 24.8. The number of rotatable bonds is 3. The van der Waals surface area contributed by atoms with Gasteiger partial charge in [-0.1, -0.05) is 0 Å². The van der Waals surface area contributed by atoms with Gasteiger partial charge in [-0.2, -0.15) is 14.0 Å². The van der Waals surface area contributed by atoms with Crippen molar-refractivity contribution < 1.29 is 17.9 Å². The molecular weight excluding hydrogens is 383 g/mol. The molecule has 9 heteroatoms. The number of hydrogen-bond donors (Lipinski definition) is 2. The zero-order chi connectivity index (χ0) is 20.8. The van der Waals surface area contributed by atoms with E-state index in [-0.39, 0.29) is 11.6 Å². The fourth-order valence-corrected chi connectivity index (χ4v) is 3.76. The molecule has 1 aromatic heterocycles. The van der Waals surface area contributed by atoms with Crippen molar-refractivity contribution in [1.29, 1.82) is 5.26 Å². The second-order valence-corrected chi connectivity index (χ2v) is 7.33. The molecule has 1 aliphatic heterocycles. The molecule has 1 aliphatic carbocycles. The Bertz CT molecular complexity index is 1050. The smallest absolute Gasteiger partial charge is 0.310 e. The van der Waals surface area contributed by atoms with Gasteiger partial charge in [-0.3, -0.25) is 4.98 Å². The fraction of sp³-hybridized carbons (Fsp3) is 0.350.